The molecule has 0 fully saturated rings. The molecular formula is C23H27BrN4O2S. The molecule has 2 aromatic carbocycles. The third kappa shape index (κ3) is 6.33. The summed E-state index contributed by atoms with van der Waals surface area (Å²) in [6.45, 7) is 8.49. The van der Waals surface area contributed by atoms with Gasteiger partial charge in [0.2, 0.25) is 5.91 Å². The fourth-order valence-corrected chi connectivity index (χ4v) is 3.94. The highest BCUT2D eigenvalue weighted by Crippen LogP contribution is 2.27. The maximum Gasteiger partial charge on any atom is 0.234 e. The summed E-state index contributed by atoms with van der Waals surface area (Å²) >= 11 is 4.72. The highest BCUT2D eigenvalue weighted by molar-refractivity contribution is 9.10. The highest BCUT2D eigenvalue weighted by Gasteiger charge is 2.19. The molecule has 0 aliphatic heterocycles. The molecule has 1 amide bonds. The summed E-state index contributed by atoms with van der Waals surface area (Å²) in [5.41, 5.74) is 2.11. The van der Waals surface area contributed by atoms with Gasteiger partial charge in [-0.25, -0.2) is 0 Å². The van der Waals surface area contributed by atoms with Crippen LogP contribution in [0.5, 0.6) is 5.75 Å². The molecule has 1 atom stereocenters. The maximum absolute atomic E-state index is 12.2. The summed E-state index contributed by atoms with van der Waals surface area (Å²) in [5, 5.41) is 12.0. The van der Waals surface area contributed by atoms with E-state index in [-0.39, 0.29) is 23.2 Å². The number of hydrogen-bond acceptors (Lipinski definition) is 5. The predicted molar refractivity (Wildman–Crippen MR) is 129 cm³/mol. The number of anilines is 1. The van der Waals surface area contributed by atoms with E-state index in [1.165, 1.54) is 17.3 Å². The number of halogens is 1. The van der Waals surface area contributed by atoms with Gasteiger partial charge in [0, 0.05) is 17.2 Å². The topological polar surface area (TPSA) is 69.0 Å². The second-order valence-corrected chi connectivity index (χ2v) is 10.1. The molecule has 1 N–H and O–H groups in total. The quantitative estimate of drug-likeness (QED) is 0.416. The van der Waals surface area contributed by atoms with Crippen molar-refractivity contribution in [3.8, 4) is 5.75 Å². The van der Waals surface area contributed by atoms with Gasteiger partial charge >= 0.3 is 0 Å². The van der Waals surface area contributed by atoms with Crippen LogP contribution >= 0.6 is 27.7 Å². The Kier molecular flexibility index (Phi) is 7.43. The normalized spacial score (nSPS) is 12.5. The number of benzene rings is 2. The Bertz CT molecular complexity index is 1030. The lowest BCUT2D eigenvalue weighted by atomic mass is 9.87. The van der Waals surface area contributed by atoms with Crippen molar-refractivity contribution in [2.75, 3.05) is 11.1 Å². The molecule has 31 heavy (non-hydrogen) atoms. The van der Waals surface area contributed by atoms with E-state index in [1.54, 1.807) is 0 Å². The molecule has 0 bridgehead atoms. The molecule has 0 spiro atoms. The molecule has 0 saturated heterocycles. The number of amides is 1. The minimum atomic E-state index is -0.274. The van der Waals surface area contributed by atoms with E-state index in [2.05, 4.69) is 64.3 Å². The Balaban J connectivity index is 1.57. The van der Waals surface area contributed by atoms with Crippen LogP contribution in [0.3, 0.4) is 0 Å². The Labute approximate surface area is 195 Å². The van der Waals surface area contributed by atoms with Crippen LogP contribution in [0.4, 0.5) is 5.69 Å². The van der Waals surface area contributed by atoms with Crippen LogP contribution in [0.15, 0.2) is 58.2 Å². The molecule has 3 rings (SSSR count). The van der Waals surface area contributed by atoms with Crippen LogP contribution in [0.1, 0.15) is 45.2 Å². The van der Waals surface area contributed by atoms with Crippen LogP contribution in [0.25, 0.3) is 0 Å². The van der Waals surface area contributed by atoms with Crippen molar-refractivity contribution in [2.45, 2.75) is 44.4 Å². The second kappa shape index (κ2) is 9.87. The standard InChI is InChI=1S/C23H27BrN4O2S/c1-15(30-19-12-6-16(7-13-19)23(2,3)4)21-26-27-22(28(21)5)31-14-20(29)25-18-10-8-17(24)9-11-18/h6-13,15H,14H2,1-5H3,(H,25,29). The average Bonchev–Trinajstić information content (AvgIpc) is 3.08. The fraction of sp³-hybridized carbons (Fsp3) is 0.348. The first-order chi connectivity index (χ1) is 14.6. The summed E-state index contributed by atoms with van der Waals surface area (Å²) in [6, 6.07) is 15.6. The van der Waals surface area contributed by atoms with Gasteiger partial charge in [0.1, 0.15) is 5.75 Å². The maximum atomic E-state index is 12.2. The van der Waals surface area contributed by atoms with Crippen LogP contribution in [-0.4, -0.2) is 26.4 Å². The highest BCUT2D eigenvalue weighted by atomic mass is 79.9. The number of aromatic nitrogens is 3. The first kappa shape index (κ1) is 23.3. The van der Waals surface area contributed by atoms with E-state index < -0.39 is 0 Å². The number of rotatable bonds is 7. The number of carbonyl (C=O) groups is 1. The van der Waals surface area contributed by atoms with E-state index in [0.29, 0.717) is 11.0 Å². The Morgan fingerprint density at radius 2 is 1.77 bits per heavy atom. The van der Waals surface area contributed by atoms with E-state index >= 15 is 0 Å². The van der Waals surface area contributed by atoms with Crippen LogP contribution in [-0.2, 0) is 17.3 Å². The minimum Gasteiger partial charge on any atom is -0.483 e. The number of hydrogen-bond donors (Lipinski definition) is 1. The summed E-state index contributed by atoms with van der Waals surface area (Å²) in [5.74, 6) is 1.63. The van der Waals surface area contributed by atoms with Gasteiger partial charge in [-0.1, -0.05) is 60.6 Å². The molecule has 0 radical (unpaired) electrons. The Morgan fingerprint density at radius 3 is 2.39 bits per heavy atom. The SMILES string of the molecule is CC(Oc1ccc(C(C)(C)C)cc1)c1nnc(SCC(=O)Nc2ccc(Br)cc2)n1C. The smallest absolute Gasteiger partial charge is 0.234 e. The lowest BCUT2D eigenvalue weighted by Crippen LogP contribution is -2.15. The summed E-state index contributed by atoms with van der Waals surface area (Å²) in [4.78, 5) is 12.2. The van der Waals surface area contributed by atoms with Gasteiger partial charge in [-0.2, -0.15) is 0 Å². The number of nitrogens with one attached hydrogen (secondary N) is 1. The first-order valence-corrected chi connectivity index (χ1v) is 11.8. The molecule has 1 aromatic heterocycles. The van der Waals surface area contributed by atoms with Crippen LogP contribution in [0, 0.1) is 0 Å². The van der Waals surface area contributed by atoms with Crippen molar-refractivity contribution in [1.29, 1.82) is 0 Å². The molecule has 8 heteroatoms. The van der Waals surface area contributed by atoms with Crippen molar-refractivity contribution in [3.63, 3.8) is 0 Å². The fourth-order valence-electron chi connectivity index (χ4n) is 2.96. The summed E-state index contributed by atoms with van der Waals surface area (Å²) < 4.78 is 8.89. The van der Waals surface area contributed by atoms with Gasteiger partial charge in [0.15, 0.2) is 17.1 Å². The molecule has 0 saturated carbocycles. The Hall–Kier alpha value is -2.32. The third-order valence-corrected chi connectivity index (χ3v) is 6.27. The van der Waals surface area contributed by atoms with Gasteiger partial charge < -0.3 is 14.6 Å². The molecule has 1 unspecified atom stereocenters. The molecule has 6 nitrogen and oxygen atoms in total. The van der Waals surface area contributed by atoms with E-state index in [9.17, 15) is 4.79 Å². The molecule has 3 aromatic rings. The molecule has 0 aliphatic rings. The zero-order valence-electron chi connectivity index (χ0n) is 18.3. The first-order valence-electron chi connectivity index (χ1n) is 9.98. The van der Waals surface area contributed by atoms with Crippen molar-refractivity contribution >= 4 is 39.3 Å². The molecule has 1 heterocycles. The predicted octanol–water partition coefficient (Wildman–Crippen LogP) is 5.75. The number of carbonyl (C=O) groups excluding carboxylic acids is 1. The van der Waals surface area contributed by atoms with Gasteiger partial charge in [-0.3, -0.25) is 4.79 Å². The van der Waals surface area contributed by atoms with Crippen LogP contribution < -0.4 is 10.1 Å². The lowest BCUT2D eigenvalue weighted by molar-refractivity contribution is -0.113. The largest absolute Gasteiger partial charge is 0.483 e. The van der Waals surface area contributed by atoms with Gasteiger partial charge in [0.05, 0.1) is 5.75 Å². The number of thioether (sulfide) groups is 1. The minimum absolute atomic E-state index is 0.0971. The van der Waals surface area contributed by atoms with Crippen molar-refractivity contribution in [1.82, 2.24) is 14.8 Å². The monoisotopic (exact) mass is 502 g/mol. The number of nitrogens with zero attached hydrogens (tertiary/aromatic N) is 3. The average molecular weight is 503 g/mol. The zero-order chi connectivity index (χ0) is 22.6. The second-order valence-electron chi connectivity index (χ2n) is 8.28. The van der Waals surface area contributed by atoms with Gasteiger partial charge in [-0.15, -0.1) is 10.2 Å². The molecular weight excluding hydrogens is 476 g/mol. The van der Waals surface area contributed by atoms with Crippen LogP contribution in [0.2, 0.25) is 0 Å². The molecule has 0 aliphatic carbocycles. The Morgan fingerprint density at radius 1 is 1.13 bits per heavy atom. The number of ether oxygens (including phenoxy) is 1. The third-order valence-electron chi connectivity index (χ3n) is 4.73. The lowest BCUT2D eigenvalue weighted by Gasteiger charge is -2.20. The summed E-state index contributed by atoms with van der Waals surface area (Å²) in [6.07, 6.45) is -0.274. The van der Waals surface area contributed by atoms with Crippen molar-refractivity contribution in [3.05, 3.63) is 64.4 Å². The van der Waals surface area contributed by atoms with E-state index in [0.717, 1.165) is 15.9 Å². The van der Waals surface area contributed by atoms with E-state index in [4.69, 9.17) is 4.74 Å². The van der Waals surface area contributed by atoms with Gasteiger partial charge in [-0.05, 0) is 54.3 Å². The van der Waals surface area contributed by atoms with E-state index in [1.807, 2.05) is 54.9 Å². The van der Waals surface area contributed by atoms with Gasteiger partial charge in [0.25, 0.3) is 0 Å². The van der Waals surface area contributed by atoms with Crippen molar-refractivity contribution < 1.29 is 9.53 Å². The molecule has 164 valence electrons. The zero-order valence-corrected chi connectivity index (χ0v) is 20.8. The van der Waals surface area contributed by atoms with Crippen molar-refractivity contribution in [2.24, 2.45) is 7.05 Å². The summed E-state index contributed by atoms with van der Waals surface area (Å²) in [7, 11) is 1.88.